The standard InChI is InChI=1S/C17H18/c1-3-5-7-9-11-13-15-17-16-14-12-10-8-6-4-2/h3,13,15-17H,1,5,7,9,11H2,2H3/b15-13-,17-16+. The zero-order valence-corrected chi connectivity index (χ0v) is 10.4. The second-order valence-corrected chi connectivity index (χ2v) is 3.25. The monoisotopic (exact) mass is 222 g/mol. The Kier molecular flexibility index (Phi) is 12.2. The zero-order chi connectivity index (χ0) is 12.6. The van der Waals surface area contributed by atoms with Gasteiger partial charge in [-0.15, -0.1) is 6.58 Å². The lowest BCUT2D eigenvalue weighted by atomic mass is 10.2. The molecule has 17 heavy (non-hydrogen) atoms. The second kappa shape index (κ2) is 13.9. The maximum atomic E-state index is 3.69. The van der Waals surface area contributed by atoms with Crippen LogP contribution in [0.4, 0.5) is 0 Å². The Labute approximate surface area is 106 Å². The summed E-state index contributed by atoms with van der Waals surface area (Å²) in [6, 6.07) is 0. The summed E-state index contributed by atoms with van der Waals surface area (Å²) in [6.07, 6.45) is 14.5. The molecule has 0 saturated heterocycles. The maximum Gasteiger partial charge on any atom is -0.000709 e. The minimum atomic E-state index is 1.11. The highest BCUT2D eigenvalue weighted by molar-refractivity contribution is 5.37. The Morgan fingerprint density at radius 2 is 1.71 bits per heavy atom. The summed E-state index contributed by atoms with van der Waals surface area (Å²) in [6.45, 7) is 5.44. The van der Waals surface area contributed by atoms with Gasteiger partial charge in [0, 0.05) is 0 Å². The summed E-state index contributed by atoms with van der Waals surface area (Å²) < 4.78 is 0. The first kappa shape index (κ1) is 14.9. The molecule has 0 aliphatic heterocycles. The van der Waals surface area contributed by atoms with Gasteiger partial charge in [-0.3, -0.25) is 0 Å². The van der Waals surface area contributed by atoms with E-state index in [9.17, 15) is 0 Å². The van der Waals surface area contributed by atoms with Gasteiger partial charge in [-0.05, 0) is 62.4 Å². The molecule has 0 unspecified atom stereocenters. The van der Waals surface area contributed by atoms with Crippen molar-refractivity contribution >= 4 is 0 Å². The fourth-order valence-corrected chi connectivity index (χ4v) is 1.03. The third-order valence-corrected chi connectivity index (χ3v) is 1.84. The van der Waals surface area contributed by atoms with Crippen molar-refractivity contribution in [2.75, 3.05) is 0 Å². The highest BCUT2D eigenvalue weighted by Crippen LogP contribution is 2.00. The highest BCUT2D eigenvalue weighted by atomic mass is 13.9. The Morgan fingerprint density at radius 1 is 0.941 bits per heavy atom. The van der Waals surface area contributed by atoms with Crippen LogP contribution in [-0.4, -0.2) is 0 Å². The first-order chi connectivity index (χ1) is 8.41. The molecule has 0 aliphatic rings. The molecule has 0 rings (SSSR count). The van der Waals surface area contributed by atoms with E-state index < -0.39 is 0 Å². The maximum absolute atomic E-state index is 3.69. The predicted molar refractivity (Wildman–Crippen MR) is 75.9 cm³/mol. The van der Waals surface area contributed by atoms with E-state index in [1.165, 1.54) is 12.8 Å². The second-order valence-electron chi connectivity index (χ2n) is 3.25. The SMILES string of the molecule is C=CCCCC/C=C\C=C\C#CC#CC#CC. The topological polar surface area (TPSA) is 0 Å². The van der Waals surface area contributed by atoms with Gasteiger partial charge < -0.3 is 0 Å². The molecule has 86 valence electrons. The lowest BCUT2D eigenvalue weighted by Gasteiger charge is -1.90. The smallest absolute Gasteiger partial charge is 0.000709 e. The third-order valence-electron chi connectivity index (χ3n) is 1.84. The first-order valence-electron chi connectivity index (χ1n) is 5.76. The van der Waals surface area contributed by atoms with Gasteiger partial charge >= 0.3 is 0 Å². The molecule has 0 radical (unpaired) electrons. The normalized spacial score (nSPS) is 8.76. The van der Waals surface area contributed by atoms with Crippen LogP contribution in [0.25, 0.3) is 0 Å². The molecule has 0 aliphatic carbocycles. The van der Waals surface area contributed by atoms with Crippen molar-refractivity contribution in [1.82, 2.24) is 0 Å². The predicted octanol–water partition coefficient (Wildman–Crippen LogP) is 3.88. The molecular weight excluding hydrogens is 204 g/mol. The van der Waals surface area contributed by atoms with Crippen LogP contribution in [0.15, 0.2) is 37.0 Å². The van der Waals surface area contributed by atoms with Crippen molar-refractivity contribution in [2.45, 2.75) is 32.6 Å². The molecule has 0 N–H and O–H groups in total. The Balaban J connectivity index is 3.65. The lowest BCUT2D eigenvalue weighted by Crippen LogP contribution is -1.70. The molecule has 0 amide bonds. The quantitative estimate of drug-likeness (QED) is 0.277. The van der Waals surface area contributed by atoms with Crippen LogP contribution in [0.1, 0.15) is 32.6 Å². The average Bonchev–Trinajstić information content (AvgIpc) is 2.35. The lowest BCUT2D eigenvalue weighted by molar-refractivity contribution is 0.763. The van der Waals surface area contributed by atoms with Gasteiger partial charge in [0.2, 0.25) is 0 Å². The molecule has 0 atom stereocenters. The van der Waals surface area contributed by atoms with Gasteiger partial charge in [-0.25, -0.2) is 0 Å². The number of hydrogen-bond donors (Lipinski definition) is 0. The van der Waals surface area contributed by atoms with E-state index in [1.54, 1.807) is 13.0 Å². The van der Waals surface area contributed by atoms with E-state index in [4.69, 9.17) is 0 Å². The zero-order valence-electron chi connectivity index (χ0n) is 10.4. The van der Waals surface area contributed by atoms with Gasteiger partial charge in [0.1, 0.15) is 0 Å². The van der Waals surface area contributed by atoms with Crippen molar-refractivity contribution < 1.29 is 0 Å². The van der Waals surface area contributed by atoms with Crippen molar-refractivity contribution in [3.63, 3.8) is 0 Å². The molecule has 0 heterocycles. The van der Waals surface area contributed by atoms with Gasteiger partial charge in [-0.1, -0.05) is 36.1 Å². The minimum Gasteiger partial charge on any atom is -0.103 e. The van der Waals surface area contributed by atoms with E-state index in [1.807, 2.05) is 18.2 Å². The minimum absolute atomic E-state index is 1.11. The molecule has 0 aromatic rings. The van der Waals surface area contributed by atoms with Crippen molar-refractivity contribution in [3.05, 3.63) is 37.0 Å². The van der Waals surface area contributed by atoms with E-state index in [0.29, 0.717) is 0 Å². The van der Waals surface area contributed by atoms with Crippen molar-refractivity contribution in [1.29, 1.82) is 0 Å². The van der Waals surface area contributed by atoms with Crippen LogP contribution in [0, 0.1) is 35.5 Å². The Hall–Kier alpha value is -2.10. The molecular formula is C17H18. The fraction of sp³-hybridized carbons (Fsp3) is 0.294. The van der Waals surface area contributed by atoms with Crippen LogP contribution in [-0.2, 0) is 0 Å². The number of hydrogen-bond acceptors (Lipinski definition) is 0. The van der Waals surface area contributed by atoms with E-state index in [0.717, 1.165) is 12.8 Å². The van der Waals surface area contributed by atoms with Crippen LogP contribution in [0.5, 0.6) is 0 Å². The van der Waals surface area contributed by atoms with E-state index in [2.05, 4.69) is 48.2 Å². The highest BCUT2D eigenvalue weighted by Gasteiger charge is 1.80. The third kappa shape index (κ3) is 13.9. The Morgan fingerprint density at radius 3 is 2.47 bits per heavy atom. The van der Waals surface area contributed by atoms with Gasteiger partial charge in [0.15, 0.2) is 0 Å². The molecule has 0 fully saturated rings. The van der Waals surface area contributed by atoms with Crippen LogP contribution in [0.2, 0.25) is 0 Å². The average molecular weight is 222 g/mol. The number of allylic oxidation sites excluding steroid dienone is 5. The van der Waals surface area contributed by atoms with Gasteiger partial charge in [0.25, 0.3) is 0 Å². The molecule has 0 saturated carbocycles. The summed E-state index contributed by atoms with van der Waals surface area (Å²) >= 11 is 0. The van der Waals surface area contributed by atoms with E-state index in [-0.39, 0.29) is 0 Å². The summed E-state index contributed by atoms with van der Waals surface area (Å²) in [5.41, 5.74) is 0. The first-order valence-corrected chi connectivity index (χ1v) is 5.76. The van der Waals surface area contributed by atoms with Gasteiger partial charge in [0.05, 0.1) is 0 Å². The molecule has 0 bridgehead atoms. The van der Waals surface area contributed by atoms with Crippen LogP contribution >= 0.6 is 0 Å². The summed E-state index contributed by atoms with van der Waals surface area (Å²) in [5.74, 6) is 16.1. The van der Waals surface area contributed by atoms with Crippen molar-refractivity contribution in [3.8, 4) is 35.5 Å². The summed E-state index contributed by atoms with van der Waals surface area (Å²) in [5, 5.41) is 0. The molecule has 0 spiro atoms. The Bertz CT molecular complexity index is 428. The molecule has 0 aromatic heterocycles. The number of unbranched alkanes of at least 4 members (excludes halogenated alkanes) is 3. The van der Waals surface area contributed by atoms with Crippen LogP contribution in [0.3, 0.4) is 0 Å². The summed E-state index contributed by atoms with van der Waals surface area (Å²) in [7, 11) is 0. The molecule has 0 aromatic carbocycles. The van der Waals surface area contributed by atoms with E-state index >= 15 is 0 Å². The van der Waals surface area contributed by atoms with Crippen molar-refractivity contribution in [2.24, 2.45) is 0 Å². The fourth-order valence-electron chi connectivity index (χ4n) is 1.03. The summed E-state index contributed by atoms with van der Waals surface area (Å²) in [4.78, 5) is 0. The largest absolute Gasteiger partial charge is 0.103 e. The molecule has 0 nitrogen and oxygen atoms in total. The number of rotatable bonds is 6. The van der Waals surface area contributed by atoms with Gasteiger partial charge in [-0.2, -0.15) is 0 Å². The van der Waals surface area contributed by atoms with Crippen LogP contribution < -0.4 is 0 Å². The molecule has 0 heteroatoms.